The first-order valence-corrected chi connectivity index (χ1v) is 22.8. The molecule has 3 aromatic rings. The summed E-state index contributed by atoms with van der Waals surface area (Å²) in [7, 11) is 1.09. The largest absolute Gasteiger partial charge is 0.508 e. The number of aliphatic hydroxyl groups excluding tert-OH is 6. The van der Waals surface area contributed by atoms with Gasteiger partial charge in [0.2, 0.25) is 35.4 Å². The lowest BCUT2D eigenvalue weighted by Gasteiger charge is -2.32. The van der Waals surface area contributed by atoms with Gasteiger partial charge in [-0.3, -0.25) is 33.6 Å². The van der Waals surface area contributed by atoms with E-state index >= 15 is 0 Å². The molecule has 0 saturated carbocycles. The van der Waals surface area contributed by atoms with Crippen LogP contribution >= 0.6 is 0 Å². The predicted octanol–water partition coefficient (Wildman–Crippen LogP) is -3.08. The van der Waals surface area contributed by atoms with Crippen LogP contribution in [0.3, 0.4) is 0 Å². The second kappa shape index (κ2) is 22.9. The van der Waals surface area contributed by atoms with E-state index in [0.29, 0.717) is 5.56 Å². The average molecular weight is 976 g/mol. The number of aliphatic hydroxyl groups is 6. The highest BCUT2D eigenvalue weighted by Gasteiger charge is 2.49. The molecule has 3 aliphatic heterocycles. The Bertz CT molecular complexity index is 2370. The fraction of sp³-hybridized carbons (Fsp3) is 0.479. The average Bonchev–Trinajstić information content (AvgIpc) is 3.88. The third kappa shape index (κ3) is 12.2. The topological polar surface area (TPSA) is 337 Å². The Labute approximate surface area is 403 Å². The second-order valence-electron chi connectivity index (χ2n) is 18.1. The Balaban J connectivity index is 1.37. The van der Waals surface area contributed by atoms with Crippen LogP contribution in [0.1, 0.15) is 48.2 Å². The number of benzene rings is 3. The molecule has 3 heterocycles. The van der Waals surface area contributed by atoms with E-state index in [1.165, 1.54) is 43.3 Å². The van der Waals surface area contributed by atoms with Gasteiger partial charge in [-0.25, -0.2) is 0 Å². The van der Waals surface area contributed by atoms with Crippen LogP contribution in [0.5, 0.6) is 5.75 Å². The van der Waals surface area contributed by atoms with E-state index in [1.807, 2.05) is 31.2 Å². The van der Waals surface area contributed by atoms with Gasteiger partial charge in [-0.2, -0.15) is 0 Å². The standard InChI is InChI=1S/C48H61N7O15/c1-23-5-9-27(10-6-23)28-11-13-29(14-12-28)41(63)49-32-19-36(61)46(70-4)53-45(67)39-40(62)24(2)20-55(39)47(68)33(22-56)50-44(66)38(35(60)17-26-7-15-30(58)16-8-26)52-43(65)34-18-31(59)21-54(34)48(69)37(25(3)57)51-42(32)64/h5-16,24-25,31-40,46,56-62H,17-22H2,1-4H3,(H,49,63)(H,50,66)(H,51,64)(H,52,65)(H,53,67)/t24-,25+,31+,32-,33-,34-,35+,36?,37-,38-,39-,40-,46?/m0/s1. The third-order valence-corrected chi connectivity index (χ3v) is 12.9. The molecule has 0 aromatic heterocycles. The first-order chi connectivity index (χ1) is 33.2. The van der Waals surface area contributed by atoms with Gasteiger partial charge >= 0.3 is 0 Å². The molecule has 3 saturated heterocycles. The van der Waals surface area contributed by atoms with Crippen LogP contribution in [0.4, 0.5) is 0 Å². The van der Waals surface area contributed by atoms with E-state index < -0.39 is 146 Å². The molecule has 13 atom stereocenters. The predicted molar refractivity (Wildman–Crippen MR) is 247 cm³/mol. The maximum absolute atomic E-state index is 14.4. The number of carbonyl (C=O) groups excluding carboxylic acids is 7. The third-order valence-electron chi connectivity index (χ3n) is 12.9. The van der Waals surface area contributed by atoms with Crippen LogP contribution in [-0.4, -0.2) is 187 Å². The molecule has 70 heavy (non-hydrogen) atoms. The number of methoxy groups -OCH3 is 1. The number of rotatable bonds is 9. The number of hydrogen-bond acceptors (Lipinski definition) is 15. The summed E-state index contributed by atoms with van der Waals surface area (Å²) in [5, 5.41) is 88.5. The summed E-state index contributed by atoms with van der Waals surface area (Å²) in [6.45, 7) is 2.77. The zero-order chi connectivity index (χ0) is 51.1. The molecular formula is C48H61N7O15. The van der Waals surface area contributed by atoms with E-state index in [4.69, 9.17) is 4.74 Å². The smallest absolute Gasteiger partial charge is 0.251 e. The SMILES string of the molecule is COC1NC(=O)[C@@H]2[C@@H](O)[C@@H](C)CN2C(=O)[C@H](CO)NC(=O)[C@H]([C@H](O)Cc2ccc(O)cc2)NC(=O)[C@@H]2C[C@@H](O)CN2C(=O)[C@H]([C@@H](C)O)NC(=O)[C@@H](NC(=O)c2ccc(-c3ccc(C)cc3)cc2)CC1O. The molecule has 2 unspecified atom stereocenters. The zero-order valence-electron chi connectivity index (χ0n) is 39.0. The molecular weight excluding hydrogens is 915 g/mol. The lowest BCUT2D eigenvalue weighted by Crippen LogP contribution is -2.63. The highest BCUT2D eigenvalue weighted by atomic mass is 16.5. The summed E-state index contributed by atoms with van der Waals surface area (Å²) in [5.74, 6) is -8.33. The zero-order valence-corrected chi connectivity index (χ0v) is 39.0. The van der Waals surface area contributed by atoms with Crippen LogP contribution < -0.4 is 26.6 Å². The minimum absolute atomic E-state index is 0.0786. The van der Waals surface area contributed by atoms with Crippen LogP contribution in [0.15, 0.2) is 72.8 Å². The molecule has 7 amide bonds. The van der Waals surface area contributed by atoms with E-state index in [9.17, 15) is 69.3 Å². The van der Waals surface area contributed by atoms with Crippen molar-refractivity contribution in [2.45, 2.75) is 113 Å². The van der Waals surface area contributed by atoms with E-state index in [0.717, 1.165) is 40.5 Å². The van der Waals surface area contributed by atoms with Gasteiger partial charge in [0.25, 0.3) is 5.91 Å². The number of aryl methyl sites for hydroxylation is 1. The lowest BCUT2D eigenvalue weighted by molar-refractivity contribution is -0.147. The monoisotopic (exact) mass is 975 g/mol. The van der Waals surface area contributed by atoms with Crippen molar-refractivity contribution in [3.05, 3.63) is 89.5 Å². The Kier molecular flexibility index (Phi) is 17.3. The molecule has 3 aromatic carbocycles. The minimum atomic E-state index is -1.94. The van der Waals surface area contributed by atoms with E-state index in [-0.39, 0.29) is 24.3 Å². The number of carbonyl (C=O) groups is 7. The normalized spacial score (nSPS) is 29.4. The van der Waals surface area contributed by atoms with Gasteiger partial charge < -0.3 is 76.9 Å². The number of phenolic OH excluding ortho intramolecular Hbond substituents is 1. The van der Waals surface area contributed by atoms with Gasteiger partial charge in [-0.15, -0.1) is 0 Å². The number of ether oxygens (including phenoxy) is 1. The molecule has 22 heteroatoms. The van der Waals surface area contributed by atoms with Crippen molar-refractivity contribution in [1.29, 1.82) is 0 Å². The van der Waals surface area contributed by atoms with E-state index in [2.05, 4.69) is 26.6 Å². The molecule has 3 fully saturated rings. The highest BCUT2D eigenvalue weighted by Crippen LogP contribution is 2.27. The van der Waals surface area contributed by atoms with Crippen molar-refractivity contribution in [3.63, 3.8) is 0 Å². The number of aromatic hydroxyl groups is 1. The Morgan fingerprint density at radius 2 is 1.37 bits per heavy atom. The van der Waals surface area contributed by atoms with Crippen molar-refractivity contribution in [2.24, 2.45) is 5.92 Å². The van der Waals surface area contributed by atoms with Crippen molar-refractivity contribution in [1.82, 2.24) is 36.4 Å². The molecule has 0 bridgehead atoms. The highest BCUT2D eigenvalue weighted by molar-refractivity contribution is 6.00. The second-order valence-corrected chi connectivity index (χ2v) is 18.1. The number of amides is 7. The fourth-order valence-electron chi connectivity index (χ4n) is 8.84. The van der Waals surface area contributed by atoms with Crippen LogP contribution in [-0.2, 0) is 39.9 Å². The summed E-state index contributed by atoms with van der Waals surface area (Å²) >= 11 is 0. The number of nitrogens with one attached hydrogen (secondary N) is 5. The van der Waals surface area contributed by atoms with Gasteiger partial charge in [-0.1, -0.05) is 61.0 Å². The first kappa shape index (κ1) is 52.8. The number of hydrogen-bond donors (Lipinski definition) is 12. The van der Waals surface area contributed by atoms with Crippen molar-refractivity contribution in [2.75, 3.05) is 26.8 Å². The van der Waals surface area contributed by atoms with Crippen molar-refractivity contribution in [3.8, 4) is 16.9 Å². The maximum atomic E-state index is 14.4. The summed E-state index contributed by atoms with van der Waals surface area (Å²) in [4.78, 5) is 101. The number of phenols is 1. The van der Waals surface area contributed by atoms with Crippen molar-refractivity contribution < 1.29 is 74.0 Å². The van der Waals surface area contributed by atoms with Gasteiger partial charge in [0.15, 0.2) is 6.23 Å². The van der Waals surface area contributed by atoms with Gasteiger partial charge in [0.05, 0.1) is 31.0 Å². The quantitative estimate of drug-likeness (QED) is 0.101. The molecule has 0 radical (unpaired) electrons. The number of fused-ring (bicyclic) bond motifs is 2. The Morgan fingerprint density at radius 1 is 0.757 bits per heavy atom. The first-order valence-electron chi connectivity index (χ1n) is 22.8. The Hall–Kier alpha value is -6.53. The molecule has 0 aliphatic carbocycles. The van der Waals surface area contributed by atoms with Gasteiger partial charge in [0, 0.05) is 50.9 Å². The minimum Gasteiger partial charge on any atom is -0.508 e. The van der Waals surface area contributed by atoms with Gasteiger partial charge in [0.1, 0.15) is 48.1 Å². The molecule has 3 aliphatic rings. The lowest BCUT2D eigenvalue weighted by atomic mass is 10.00. The number of nitrogens with zero attached hydrogens (tertiary/aromatic N) is 2. The summed E-state index contributed by atoms with van der Waals surface area (Å²) in [6, 6.07) is 8.83. The summed E-state index contributed by atoms with van der Waals surface area (Å²) in [5.41, 5.74) is 3.14. The molecule has 12 N–H and O–H groups in total. The maximum Gasteiger partial charge on any atom is 0.251 e. The van der Waals surface area contributed by atoms with Crippen molar-refractivity contribution >= 4 is 41.4 Å². The Morgan fingerprint density at radius 3 is 1.97 bits per heavy atom. The van der Waals surface area contributed by atoms with Crippen LogP contribution in [0.25, 0.3) is 11.1 Å². The molecule has 0 spiro atoms. The van der Waals surface area contributed by atoms with Crippen LogP contribution in [0, 0.1) is 12.8 Å². The van der Waals surface area contributed by atoms with E-state index in [1.54, 1.807) is 12.1 Å². The molecule has 378 valence electrons. The fourth-order valence-corrected chi connectivity index (χ4v) is 8.84. The van der Waals surface area contributed by atoms with Gasteiger partial charge in [-0.05, 0) is 54.8 Å². The van der Waals surface area contributed by atoms with Crippen LogP contribution in [0.2, 0.25) is 0 Å². The summed E-state index contributed by atoms with van der Waals surface area (Å²) < 4.78 is 5.41. The molecule has 6 rings (SSSR count). The molecule has 22 nitrogen and oxygen atoms in total. The summed E-state index contributed by atoms with van der Waals surface area (Å²) in [6.07, 6.45) is -11.4.